The van der Waals surface area contributed by atoms with Gasteiger partial charge in [-0.3, -0.25) is 4.99 Å². The fraction of sp³-hybridized carbons (Fsp3) is 0.412. The van der Waals surface area contributed by atoms with Crippen LogP contribution in [0.2, 0.25) is 0 Å². The molecule has 0 amide bonds. The number of halogens is 1. The standard InChI is InChI=1S/C17H23N5O.HI/c1-14-4-3-5-16(12-14)21-7-9-22(10-8-21)17(18-2)19-13-15-6-11-23-20-15;/h3-6,11-12H,7-10,13H2,1-2H3,(H,18,19);1H. The minimum atomic E-state index is 0. The van der Waals surface area contributed by atoms with Crippen molar-refractivity contribution < 1.29 is 4.52 Å². The van der Waals surface area contributed by atoms with Crippen molar-refractivity contribution in [3.8, 4) is 0 Å². The first kappa shape index (κ1) is 18.6. The Morgan fingerprint density at radius 3 is 2.67 bits per heavy atom. The number of guanidine groups is 1. The number of hydrogen-bond acceptors (Lipinski definition) is 4. The number of benzene rings is 1. The Bertz CT molecular complexity index is 651. The van der Waals surface area contributed by atoms with Crippen LogP contribution in [-0.2, 0) is 6.54 Å². The predicted octanol–water partition coefficient (Wildman–Crippen LogP) is 2.50. The summed E-state index contributed by atoms with van der Waals surface area (Å²) >= 11 is 0. The second-order valence-corrected chi connectivity index (χ2v) is 5.70. The zero-order chi connectivity index (χ0) is 16.1. The molecule has 0 radical (unpaired) electrons. The summed E-state index contributed by atoms with van der Waals surface area (Å²) in [4.78, 5) is 9.09. The molecule has 0 spiro atoms. The third-order valence-electron chi connectivity index (χ3n) is 4.08. The lowest BCUT2D eigenvalue weighted by molar-refractivity contribution is 0.370. The van der Waals surface area contributed by atoms with Crippen molar-refractivity contribution in [1.82, 2.24) is 15.4 Å². The molecule has 7 heteroatoms. The van der Waals surface area contributed by atoms with E-state index < -0.39 is 0 Å². The van der Waals surface area contributed by atoms with Gasteiger partial charge in [0.1, 0.15) is 12.0 Å². The summed E-state index contributed by atoms with van der Waals surface area (Å²) in [6.45, 7) is 6.65. The van der Waals surface area contributed by atoms with Crippen molar-refractivity contribution in [3.05, 3.63) is 47.9 Å². The van der Waals surface area contributed by atoms with Crippen LogP contribution in [0.3, 0.4) is 0 Å². The van der Waals surface area contributed by atoms with Gasteiger partial charge >= 0.3 is 0 Å². The molecular formula is C17H24IN5O. The molecule has 1 aliphatic heterocycles. The molecule has 2 aromatic rings. The highest BCUT2D eigenvalue weighted by atomic mass is 127. The van der Waals surface area contributed by atoms with Crippen LogP contribution < -0.4 is 10.2 Å². The highest BCUT2D eigenvalue weighted by Crippen LogP contribution is 2.17. The fourth-order valence-corrected chi connectivity index (χ4v) is 2.83. The molecule has 3 rings (SSSR count). The molecule has 1 aromatic heterocycles. The SMILES string of the molecule is CN=C(NCc1ccon1)N1CCN(c2cccc(C)c2)CC1.I. The van der Waals surface area contributed by atoms with Crippen molar-refractivity contribution in [2.45, 2.75) is 13.5 Å². The molecule has 0 atom stereocenters. The summed E-state index contributed by atoms with van der Waals surface area (Å²) in [6.07, 6.45) is 1.58. The van der Waals surface area contributed by atoms with E-state index in [0.29, 0.717) is 6.54 Å². The summed E-state index contributed by atoms with van der Waals surface area (Å²) in [5.41, 5.74) is 3.48. The maximum atomic E-state index is 4.85. The summed E-state index contributed by atoms with van der Waals surface area (Å²) in [7, 11) is 1.82. The van der Waals surface area contributed by atoms with Crippen molar-refractivity contribution in [1.29, 1.82) is 0 Å². The Morgan fingerprint density at radius 1 is 1.25 bits per heavy atom. The van der Waals surface area contributed by atoms with E-state index in [2.05, 4.69) is 56.5 Å². The van der Waals surface area contributed by atoms with Gasteiger partial charge in [0.15, 0.2) is 5.96 Å². The molecule has 0 saturated carbocycles. The number of piperazine rings is 1. The monoisotopic (exact) mass is 441 g/mol. The molecule has 0 aliphatic carbocycles. The van der Waals surface area contributed by atoms with Crippen LogP contribution in [-0.4, -0.2) is 49.2 Å². The maximum Gasteiger partial charge on any atom is 0.194 e. The molecule has 1 aromatic carbocycles. The average Bonchev–Trinajstić information content (AvgIpc) is 3.09. The van der Waals surface area contributed by atoms with Gasteiger partial charge in [0.25, 0.3) is 0 Å². The first-order chi connectivity index (χ1) is 11.3. The van der Waals surface area contributed by atoms with Crippen LogP contribution in [0.4, 0.5) is 5.69 Å². The second kappa shape index (κ2) is 8.91. The second-order valence-electron chi connectivity index (χ2n) is 5.70. The number of hydrogen-bond donors (Lipinski definition) is 1. The number of aliphatic imine (C=N–C) groups is 1. The van der Waals surface area contributed by atoms with E-state index in [1.165, 1.54) is 11.3 Å². The molecule has 1 saturated heterocycles. The van der Waals surface area contributed by atoms with Gasteiger partial charge in [0.05, 0.1) is 6.54 Å². The van der Waals surface area contributed by atoms with E-state index in [1.54, 1.807) is 6.26 Å². The summed E-state index contributed by atoms with van der Waals surface area (Å²) in [5.74, 6) is 0.914. The number of aryl methyl sites for hydroxylation is 1. The molecule has 2 heterocycles. The Hall–Kier alpha value is -1.77. The molecule has 0 bridgehead atoms. The third-order valence-corrected chi connectivity index (χ3v) is 4.08. The van der Waals surface area contributed by atoms with Gasteiger partial charge in [-0.25, -0.2) is 0 Å². The normalized spacial score (nSPS) is 15.2. The highest BCUT2D eigenvalue weighted by molar-refractivity contribution is 14.0. The van der Waals surface area contributed by atoms with Gasteiger partial charge < -0.3 is 19.6 Å². The summed E-state index contributed by atoms with van der Waals surface area (Å²) in [6, 6.07) is 10.5. The summed E-state index contributed by atoms with van der Waals surface area (Å²) in [5, 5.41) is 7.25. The number of nitrogens with one attached hydrogen (secondary N) is 1. The van der Waals surface area contributed by atoms with Gasteiger partial charge in [-0.05, 0) is 24.6 Å². The van der Waals surface area contributed by atoms with Crippen molar-refractivity contribution in [2.75, 3.05) is 38.1 Å². The zero-order valence-electron chi connectivity index (χ0n) is 14.1. The third kappa shape index (κ3) is 4.62. The van der Waals surface area contributed by atoms with Crippen LogP contribution in [0, 0.1) is 6.92 Å². The minimum absolute atomic E-state index is 0. The quantitative estimate of drug-likeness (QED) is 0.451. The van der Waals surface area contributed by atoms with Crippen LogP contribution in [0.5, 0.6) is 0 Å². The average molecular weight is 441 g/mol. The number of rotatable bonds is 3. The Morgan fingerprint density at radius 2 is 2.04 bits per heavy atom. The predicted molar refractivity (Wildman–Crippen MR) is 107 cm³/mol. The molecule has 130 valence electrons. The van der Waals surface area contributed by atoms with E-state index in [0.717, 1.165) is 37.8 Å². The van der Waals surface area contributed by atoms with Gasteiger partial charge in [0.2, 0.25) is 0 Å². The lowest BCUT2D eigenvalue weighted by Crippen LogP contribution is -2.52. The smallest absolute Gasteiger partial charge is 0.194 e. The Kier molecular flexibility index (Phi) is 6.89. The largest absolute Gasteiger partial charge is 0.368 e. The first-order valence-electron chi connectivity index (χ1n) is 7.93. The molecule has 24 heavy (non-hydrogen) atoms. The minimum Gasteiger partial charge on any atom is -0.368 e. The zero-order valence-corrected chi connectivity index (χ0v) is 16.4. The van der Waals surface area contributed by atoms with Gasteiger partial charge in [0, 0.05) is 45.0 Å². The summed E-state index contributed by atoms with van der Waals surface area (Å²) < 4.78 is 4.85. The topological polar surface area (TPSA) is 56.9 Å². The van der Waals surface area contributed by atoms with Gasteiger partial charge in [-0.2, -0.15) is 0 Å². The number of nitrogens with zero attached hydrogens (tertiary/aromatic N) is 4. The van der Waals surface area contributed by atoms with Crippen LogP contribution in [0.1, 0.15) is 11.3 Å². The van der Waals surface area contributed by atoms with Crippen LogP contribution in [0.25, 0.3) is 0 Å². The highest BCUT2D eigenvalue weighted by Gasteiger charge is 2.19. The lowest BCUT2D eigenvalue weighted by Gasteiger charge is -2.37. The van der Waals surface area contributed by atoms with Crippen molar-refractivity contribution in [3.63, 3.8) is 0 Å². The lowest BCUT2D eigenvalue weighted by atomic mass is 10.2. The van der Waals surface area contributed by atoms with Crippen molar-refractivity contribution >= 4 is 35.6 Å². The number of anilines is 1. The molecule has 1 aliphatic rings. The Balaban J connectivity index is 0.00000208. The van der Waals surface area contributed by atoms with Crippen LogP contribution >= 0.6 is 24.0 Å². The van der Waals surface area contributed by atoms with E-state index in [1.807, 2.05) is 13.1 Å². The first-order valence-corrected chi connectivity index (χ1v) is 7.93. The Labute approximate surface area is 159 Å². The van der Waals surface area contributed by atoms with Crippen LogP contribution in [0.15, 0.2) is 46.1 Å². The molecule has 0 unspecified atom stereocenters. The maximum absolute atomic E-state index is 4.85. The van der Waals surface area contributed by atoms with E-state index in [9.17, 15) is 0 Å². The molecular weight excluding hydrogens is 417 g/mol. The van der Waals surface area contributed by atoms with E-state index in [-0.39, 0.29) is 24.0 Å². The van der Waals surface area contributed by atoms with Gasteiger partial charge in [-0.1, -0.05) is 17.3 Å². The van der Waals surface area contributed by atoms with Crippen molar-refractivity contribution in [2.24, 2.45) is 4.99 Å². The molecule has 1 fully saturated rings. The van der Waals surface area contributed by atoms with E-state index in [4.69, 9.17) is 4.52 Å². The van der Waals surface area contributed by atoms with Gasteiger partial charge in [-0.15, -0.1) is 24.0 Å². The number of aromatic nitrogens is 1. The molecule has 1 N–H and O–H groups in total. The molecule has 6 nitrogen and oxygen atoms in total. The fourth-order valence-electron chi connectivity index (χ4n) is 2.83. The van der Waals surface area contributed by atoms with E-state index >= 15 is 0 Å².